The number of anilines is 2. The van der Waals surface area contributed by atoms with E-state index in [1.165, 1.54) is 0 Å². The molecular formula is C22H23N7OS. The molecule has 2 atom stereocenters. The lowest BCUT2D eigenvalue weighted by atomic mass is 9.96. The summed E-state index contributed by atoms with van der Waals surface area (Å²) in [6, 6.07) is 7.71. The van der Waals surface area contributed by atoms with Gasteiger partial charge in [-0.1, -0.05) is 6.92 Å². The Morgan fingerprint density at radius 2 is 2.19 bits per heavy atom. The molecule has 1 fully saturated rings. The fraction of sp³-hybridized carbons (Fsp3) is 0.273. The lowest BCUT2D eigenvalue weighted by Crippen LogP contribution is -2.46. The summed E-state index contributed by atoms with van der Waals surface area (Å²) in [6.07, 6.45) is 8.04. The first-order chi connectivity index (χ1) is 15.1. The minimum atomic E-state index is -0.262. The van der Waals surface area contributed by atoms with Crippen LogP contribution in [0.3, 0.4) is 0 Å². The molecule has 9 heteroatoms. The number of hydrogen-bond acceptors (Lipinski definition) is 7. The lowest BCUT2D eigenvalue weighted by Gasteiger charge is -2.37. The van der Waals surface area contributed by atoms with Gasteiger partial charge in [-0.05, 0) is 36.6 Å². The maximum absolute atomic E-state index is 13.0. The van der Waals surface area contributed by atoms with Crippen LogP contribution in [0.4, 0.5) is 11.4 Å². The second kappa shape index (κ2) is 8.09. The van der Waals surface area contributed by atoms with Crippen LogP contribution in [-0.4, -0.2) is 45.2 Å². The van der Waals surface area contributed by atoms with Crippen LogP contribution in [0, 0.1) is 5.92 Å². The van der Waals surface area contributed by atoms with Crippen molar-refractivity contribution in [1.29, 1.82) is 0 Å². The number of rotatable bonds is 4. The molecular weight excluding hydrogens is 410 g/mol. The van der Waals surface area contributed by atoms with Crippen molar-refractivity contribution in [3.63, 3.8) is 0 Å². The fourth-order valence-electron chi connectivity index (χ4n) is 4.12. The highest BCUT2D eigenvalue weighted by molar-refractivity contribution is 7.22. The van der Waals surface area contributed by atoms with Gasteiger partial charge in [0.05, 0.1) is 34.0 Å². The van der Waals surface area contributed by atoms with E-state index in [0.717, 1.165) is 45.9 Å². The van der Waals surface area contributed by atoms with Gasteiger partial charge in [0.2, 0.25) is 0 Å². The molecule has 0 radical (unpaired) electrons. The highest BCUT2D eigenvalue weighted by Gasteiger charge is 2.24. The Morgan fingerprint density at radius 1 is 1.29 bits per heavy atom. The van der Waals surface area contributed by atoms with Gasteiger partial charge in [0.15, 0.2) is 0 Å². The molecule has 5 heterocycles. The van der Waals surface area contributed by atoms with Crippen LogP contribution in [0.5, 0.6) is 0 Å². The molecule has 0 aromatic carbocycles. The SMILES string of the molecule is C[C@@H]1C[C@H](N)CN(c2ccncc2NC(=O)c2ccc3sc(-c4cn[nH]c4)cc3n2)C1. The minimum Gasteiger partial charge on any atom is -0.368 e. The molecule has 1 aliphatic heterocycles. The number of piperidine rings is 1. The van der Waals surface area contributed by atoms with E-state index in [1.54, 1.807) is 36.0 Å². The first-order valence-electron chi connectivity index (χ1n) is 10.2. The zero-order valence-electron chi connectivity index (χ0n) is 17.1. The van der Waals surface area contributed by atoms with Crippen LogP contribution < -0.4 is 16.0 Å². The molecule has 0 aliphatic carbocycles. The average Bonchev–Trinajstić information content (AvgIpc) is 3.42. The number of hydrogen-bond donors (Lipinski definition) is 3. The number of nitrogens with zero attached hydrogens (tertiary/aromatic N) is 4. The molecule has 0 saturated carbocycles. The molecule has 1 aliphatic rings. The highest BCUT2D eigenvalue weighted by atomic mass is 32.1. The van der Waals surface area contributed by atoms with Gasteiger partial charge in [0.25, 0.3) is 5.91 Å². The highest BCUT2D eigenvalue weighted by Crippen LogP contribution is 2.33. The van der Waals surface area contributed by atoms with Crippen LogP contribution in [0.1, 0.15) is 23.8 Å². The third-order valence-electron chi connectivity index (χ3n) is 5.47. The third kappa shape index (κ3) is 4.01. The maximum atomic E-state index is 13.0. The van der Waals surface area contributed by atoms with Crippen molar-refractivity contribution < 1.29 is 4.79 Å². The first-order valence-corrected chi connectivity index (χ1v) is 11.0. The van der Waals surface area contributed by atoms with Crippen molar-refractivity contribution in [1.82, 2.24) is 20.2 Å². The van der Waals surface area contributed by atoms with Crippen molar-refractivity contribution in [3.8, 4) is 10.4 Å². The quantitative estimate of drug-likeness (QED) is 0.454. The summed E-state index contributed by atoms with van der Waals surface area (Å²) in [5.74, 6) is 0.231. The van der Waals surface area contributed by atoms with Crippen LogP contribution >= 0.6 is 11.3 Å². The predicted octanol–water partition coefficient (Wildman–Crippen LogP) is 3.51. The van der Waals surface area contributed by atoms with Gasteiger partial charge in [0, 0.05) is 42.0 Å². The standard InChI is InChI=1S/C22H23N7OS/c1-13-6-15(23)12-29(11-13)19-4-5-24-10-18(19)28-22(30)16-2-3-20-17(27-16)7-21(31-20)14-8-25-26-9-14/h2-5,7-10,13,15H,6,11-12,23H2,1H3,(H,25,26)(H,28,30)/t13-,15+/m1/s1. The summed E-state index contributed by atoms with van der Waals surface area (Å²) in [4.78, 5) is 25.1. The number of carbonyl (C=O) groups excluding carboxylic acids is 1. The Hall–Kier alpha value is -3.30. The Kier molecular flexibility index (Phi) is 5.13. The fourth-order valence-corrected chi connectivity index (χ4v) is 5.10. The van der Waals surface area contributed by atoms with Gasteiger partial charge in [-0.3, -0.25) is 14.9 Å². The number of aromatic nitrogens is 4. The normalized spacial score (nSPS) is 19.0. The van der Waals surface area contributed by atoms with Crippen LogP contribution in [0.15, 0.2) is 49.1 Å². The van der Waals surface area contributed by atoms with E-state index in [4.69, 9.17) is 5.73 Å². The number of nitrogens with two attached hydrogens (primary N) is 1. The summed E-state index contributed by atoms with van der Waals surface area (Å²) < 4.78 is 1.02. The summed E-state index contributed by atoms with van der Waals surface area (Å²) in [5.41, 5.74) is 9.98. The van der Waals surface area contributed by atoms with E-state index in [0.29, 0.717) is 17.3 Å². The predicted molar refractivity (Wildman–Crippen MR) is 123 cm³/mol. The maximum Gasteiger partial charge on any atom is 0.274 e. The van der Waals surface area contributed by atoms with E-state index in [9.17, 15) is 4.79 Å². The zero-order chi connectivity index (χ0) is 21.4. The van der Waals surface area contributed by atoms with E-state index in [2.05, 4.69) is 37.3 Å². The second-order valence-electron chi connectivity index (χ2n) is 8.03. The Labute approximate surface area is 183 Å². The van der Waals surface area contributed by atoms with E-state index in [-0.39, 0.29) is 11.9 Å². The van der Waals surface area contributed by atoms with Gasteiger partial charge in [-0.25, -0.2) is 4.98 Å². The number of H-pyrrole nitrogens is 1. The molecule has 0 unspecified atom stereocenters. The van der Waals surface area contributed by atoms with Crippen LogP contribution in [0.25, 0.3) is 20.7 Å². The van der Waals surface area contributed by atoms with Crippen molar-refractivity contribution in [2.45, 2.75) is 19.4 Å². The van der Waals surface area contributed by atoms with E-state index in [1.807, 2.05) is 24.4 Å². The van der Waals surface area contributed by atoms with Crippen molar-refractivity contribution in [2.75, 3.05) is 23.3 Å². The first kappa shape index (κ1) is 19.7. The van der Waals surface area contributed by atoms with E-state index >= 15 is 0 Å². The van der Waals surface area contributed by atoms with Crippen LogP contribution in [0.2, 0.25) is 0 Å². The topological polar surface area (TPSA) is 113 Å². The number of nitrogens with one attached hydrogen (secondary N) is 2. The van der Waals surface area contributed by atoms with Crippen LogP contribution in [-0.2, 0) is 0 Å². The van der Waals surface area contributed by atoms with Crippen molar-refractivity contribution >= 4 is 38.8 Å². The summed E-state index contributed by atoms with van der Waals surface area (Å²) >= 11 is 1.62. The van der Waals surface area contributed by atoms with E-state index < -0.39 is 0 Å². The minimum absolute atomic E-state index is 0.118. The molecule has 4 aromatic rings. The summed E-state index contributed by atoms with van der Waals surface area (Å²) in [7, 11) is 0. The smallest absolute Gasteiger partial charge is 0.274 e. The molecule has 31 heavy (non-hydrogen) atoms. The second-order valence-corrected chi connectivity index (χ2v) is 9.11. The largest absolute Gasteiger partial charge is 0.368 e. The number of aromatic amines is 1. The summed E-state index contributed by atoms with van der Waals surface area (Å²) in [5, 5.41) is 9.81. The number of pyridine rings is 2. The molecule has 4 aromatic heterocycles. The Balaban J connectivity index is 1.40. The number of fused-ring (bicyclic) bond motifs is 1. The lowest BCUT2D eigenvalue weighted by molar-refractivity contribution is 0.102. The van der Waals surface area contributed by atoms with Gasteiger partial charge >= 0.3 is 0 Å². The molecule has 0 spiro atoms. The van der Waals surface area contributed by atoms with Gasteiger partial charge in [0.1, 0.15) is 5.69 Å². The molecule has 1 amide bonds. The zero-order valence-corrected chi connectivity index (χ0v) is 17.9. The third-order valence-corrected chi connectivity index (χ3v) is 6.61. The van der Waals surface area contributed by atoms with Gasteiger partial charge in [-0.15, -0.1) is 11.3 Å². The Morgan fingerprint density at radius 3 is 3.00 bits per heavy atom. The molecule has 0 bridgehead atoms. The molecule has 8 nitrogen and oxygen atoms in total. The van der Waals surface area contributed by atoms with Gasteiger partial charge in [-0.2, -0.15) is 5.10 Å². The van der Waals surface area contributed by atoms with Gasteiger partial charge < -0.3 is 16.0 Å². The van der Waals surface area contributed by atoms with Crippen molar-refractivity contribution in [3.05, 3.63) is 54.7 Å². The monoisotopic (exact) mass is 433 g/mol. The average molecular weight is 434 g/mol. The number of thiophene rings is 1. The molecule has 4 N–H and O–H groups in total. The summed E-state index contributed by atoms with van der Waals surface area (Å²) in [6.45, 7) is 3.85. The number of amides is 1. The molecule has 1 saturated heterocycles. The molecule has 158 valence electrons. The number of carbonyl (C=O) groups is 1. The van der Waals surface area contributed by atoms with Crippen molar-refractivity contribution in [2.24, 2.45) is 11.7 Å². The molecule has 5 rings (SSSR count). The Bertz CT molecular complexity index is 1210.